The third kappa shape index (κ3) is 5.15. The quantitative estimate of drug-likeness (QED) is 0.547. The van der Waals surface area contributed by atoms with Crippen LogP contribution >= 0.6 is 0 Å². The number of hydrogen-bond acceptors (Lipinski definition) is 6. The summed E-state index contributed by atoms with van der Waals surface area (Å²) in [4.78, 5) is 27.2. The molecule has 0 radical (unpaired) electrons. The third-order valence-electron chi connectivity index (χ3n) is 5.17. The van der Waals surface area contributed by atoms with Crippen molar-refractivity contribution in [3.05, 3.63) is 77.6 Å². The van der Waals surface area contributed by atoms with Crippen molar-refractivity contribution in [1.29, 1.82) is 0 Å². The molecular weight excluding hydrogens is 424 g/mol. The number of hydrazone groups is 1. The second-order valence-electron chi connectivity index (χ2n) is 7.28. The standard InChI is InChI=1S/C24H24N4O5/c1-31-21-10-7-17(14-22(21)32-2)20-15-33-24(30)28(27-20)13-11-16-5-8-18(9-6-16)26-23(29)19-4-3-12-25-19/h3-10,12,14,25H,11,13,15H2,1-2H3,(H,26,29). The first-order chi connectivity index (χ1) is 16.1. The smallest absolute Gasteiger partial charge is 0.430 e. The number of amides is 2. The van der Waals surface area contributed by atoms with Crippen LogP contribution in [0.3, 0.4) is 0 Å². The van der Waals surface area contributed by atoms with Gasteiger partial charge in [-0.15, -0.1) is 0 Å². The number of rotatable bonds is 8. The Morgan fingerprint density at radius 1 is 1.12 bits per heavy atom. The Hall–Kier alpha value is -4.27. The maximum absolute atomic E-state index is 12.2. The average molecular weight is 448 g/mol. The number of hydrogen-bond donors (Lipinski definition) is 2. The van der Waals surface area contributed by atoms with Gasteiger partial charge in [-0.1, -0.05) is 12.1 Å². The van der Waals surface area contributed by atoms with Gasteiger partial charge in [-0.2, -0.15) is 10.1 Å². The lowest BCUT2D eigenvalue weighted by molar-refractivity contribution is 0.102. The summed E-state index contributed by atoms with van der Waals surface area (Å²) < 4.78 is 15.9. The lowest BCUT2D eigenvalue weighted by Gasteiger charge is -2.24. The van der Waals surface area contributed by atoms with E-state index in [0.717, 1.165) is 11.1 Å². The van der Waals surface area contributed by atoms with Gasteiger partial charge in [0, 0.05) is 17.4 Å². The van der Waals surface area contributed by atoms with Gasteiger partial charge in [0.05, 0.1) is 20.8 Å². The lowest BCUT2D eigenvalue weighted by atomic mass is 10.1. The van der Waals surface area contributed by atoms with E-state index < -0.39 is 6.09 Å². The van der Waals surface area contributed by atoms with Crippen LogP contribution in [0.4, 0.5) is 10.5 Å². The molecule has 0 aliphatic carbocycles. The first-order valence-corrected chi connectivity index (χ1v) is 10.3. The van der Waals surface area contributed by atoms with Gasteiger partial charge < -0.3 is 24.5 Å². The van der Waals surface area contributed by atoms with E-state index >= 15 is 0 Å². The summed E-state index contributed by atoms with van der Waals surface area (Å²) in [5, 5.41) is 8.63. The summed E-state index contributed by atoms with van der Waals surface area (Å²) in [7, 11) is 3.13. The summed E-state index contributed by atoms with van der Waals surface area (Å²) in [5.74, 6) is 0.976. The van der Waals surface area contributed by atoms with Crippen LogP contribution in [0, 0.1) is 0 Å². The Kier molecular flexibility index (Phi) is 6.58. The van der Waals surface area contributed by atoms with Gasteiger partial charge in [-0.3, -0.25) is 4.79 Å². The Bertz CT molecular complexity index is 1160. The van der Waals surface area contributed by atoms with Crippen LogP contribution in [0.1, 0.15) is 21.6 Å². The van der Waals surface area contributed by atoms with Crippen molar-refractivity contribution < 1.29 is 23.8 Å². The molecule has 1 aromatic heterocycles. The average Bonchev–Trinajstić information content (AvgIpc) is 3.39. The van der Waals surface area contributed by atoms with Crippen LogP contribution in [0.5, 0.6) is 11.5 Å². The molecule has 0 fully saturated rings. The van der Waals surface area contributed by atoms with Crippen LogP contribution in [-0.2, 0) is 11.2 Å². The van der Waals surface area contributed by atoms with Crippen molar-refractivity contribution >= 4 is 23.4 Å². The summed E-state index contributed by atoms with van der Waals surface area (Å²) >= 11 is 0. The van der Waals surface area contributed by atoms with Crippen molar-refractivity contribution in [3.8, 4) is 11.5 Å². The zero-order valence-corrected chi connectivity index (χ0v) is 18.3. The number of benzene rings is 2. The Balaban J connectivity index is 1.40. The molecule has 0 saturated carbocycles. The van der Waals surface area contributed by atoms with Gasteiger partial charge in [0.15, 0.2) is 11.5 Å². The van der Waals surface area contributed by atoms with Gasteiger partial charge in [0.25, 0.3) is 5.91 Å². The third-order valence-corrected chi connectivity index (χ3v) is 5.17. The van der Waals surface area contributed by atoms with Crippen molar-refractivity contribution in [2.45, 2.75) is 6.42 Å². The van der Waals surface area contributed by atoms with Crippen LogP contribution in [0.2, 0.25) is 0 Å². The summed E-state index contributed by atoms with van der Waals surface area (Å²) in [6, 6.07) is 16.4. The van der Waals surface area contributed by atoms with E-state index in [0.29, 0.717) is 41.6 Å². The molecule has 33 heavy (non-hydrogen) atoms. The molecule has 2 amide bonds. The molecule has 0 unspecified atom stereocenters. The Morgan fingerprint density at radius 3 is 2.61 bits per heavy atom. The van der Waals surface area contributed by atoms with Crippen molar-refractivity contribution in [1.82, 2.24) is 9.99 Å². The van der Waals surface area contributed by atoms with Crippen LogP contribution in [-0.4, -0.2) is 55.1 Å². The molecule has 0 saturated heterocycles. The Labute approximate surface area is 191 Å². The zero-order valence-electron chi connectivity index (χ0n) is 18.3. The molecular formula is C24H24N4O5. The summed E-state index contributed by atoms with van der Waals surface area (Å²) in [6.07, 6.45) is 1.78. The molecule has 2 heterocycles. The SMILES string of the molecule is COc1ccc(C2=NN(CCc3ccc(NC(=O)c4ccc[nH]4)cc3)C(=O)OC2)cc1OC. The van der Waals surface area contributed by atoms with Gasteiger partial charge in [0.2, 0.25) is 0 Å². The normalized spacial score (nSPS) is 13.2. The van der Waals surface area contributed by atoms with E-state index in [4.69, 9.17) is 14.2 Å². The fourth-order valence-corrected chi connectivity index (χ4v) is 3.38. The van der Waals surface area contributed by atoms with Crippen molar-refractivity contribution in [3.63, 3.8) is 0 Å². The van der Waals surface area contributed by atoms with Gasteiger partial charge >= 0.3 is 6.09 Å². The number of H-pyrrole nitrogens is 1. The molecule has 1 aliphatic heterocycles. The van der Waals surface area contributed by atoms with Crippen LogP contribution in [0.25, 0.3) is 0 Å². The maximum atomic E-state index is 12.2. The van der Waals surface area contributed by atoms with Crippen molar-refractivity contribution in [2.24, 2.45) is 5.10 Å². The topological polar surface area (TPSA) is 105 Å². The molecule has 3 aromatic rings. The van der Waals surface area contributed by atoms with Gasteiger partial charge in [-0.05, 0) is 54.4 Å². The van der Waals surface area contributed by atoms with Crippen LogP contribution in [0.15, 0.2) is 65.9 Å². The molecule has 0 bridgehead atoms. The largest absolute Gasteiger partial charge is 0.493 e. The Morgan fingerprint density at radius 2 is 1.91 bits per heavy atom. The first-order valence-electron chi connectivity index (χ1n) is 10.3. The highest BCUT2D eigenvalue weighted by Crippen LogP contribution is 2.28. The number of cyclic esters (lactones) is 1. The van der Waals surface area contributed by atoms with Crippen LogP contribution < -0.4 is 14.8 Å². The summed E-state index contributed by atoms with van der Waals surface area (Å²) in [6.45, 7) is 0.434. The summed E-state index contributed by atoms with van der Waals surface area (Å²) in [5.41, 5.74) is 3.58. The highest BCUT2D eigenvalue weighted by molar-refractivity contribution is 6.04. The molecule has 170 valence electrons. The molecule has 0 spiro atoms. The molecule has 1 aliphatic rings. The van der Waals surface area contributed by atoms with E-state index in [2.05, 4.69) is 15.4 Å². The fraction of sp³-hybridized carbons (Fsp3) is 0.208. The number of nitrogens with one attached hydrogen (secondary N) is 2. The second-order valence-corrected chi connectivity index (χ2v) is 7.28. The number of ether oxygens (including phenoxy) is 3. The van der Waals surface area contributed by atoms with E-state index in [-0.39, 0.29) is 12.5 Å². The monoisotopic (exact) mass is 448 g/mol. The molecule has 2 N–H and O–H groups in total. The second kappa shape index (κ2) is 9.90. The van der Waals surface area contributed by atoms with E-state index in [1.807, 2.05) is 30.3 Å². The molecule has 2 aromatic carbocycles. The molecule has 4 rings (SSSR count). The molecule has 9 nitrogen and oxygen atoms in total. The van der Waals surface area contributed by atoms with E-state index in [9.17, 15) is 9.59 Å². The van der Waals surface area contributed by atoms with E-state index in [1.54, 1.807) is 44.7 Å². The highest BCUT2D eigenvalue weighted by atomic mass is 16.6. The van der Waals surface area contributed by atoms with Gasteiger partial charge in [-0.25, -0.2) is 4.79 Å². The zero-order chi connectivity index (χ0) is 23.2. The number of anilines is 1. The molecule has 9 heteroatoms. The minimum absolute atomic E-state index is 0.0834. The maximum Gasteiger partial charge on any atom is 0.430 e. The number of nitrogens with zero attached hydrogens (tertiary/aromatic N) is 2. The number of carbonyl (C=O) groups excluding carboxylic acids is 2. The first kappa shape index (κ1) is 21.9. The minimum Gasteiger partial charge on any atom is -0.493 e. The predicted octanol–water partition coefficient (Wildman–Crippen LogP) is 3.68. The highest BCUT2D eigenvalue weighted by Gasteiger charge is 2.23. The predicted molar refractivity (Wildman–Crippen MR) is 123 cm³/mol. The number of carbonyl (C=O) groups is 2. The fourth-order valence-electron chi connectivity index (χ4n) is 3.38. The van der Waals surface area contributed by atoms with Gasteiger partial charge in [0.1, 0.15) is 18.0 Å². The minimum atomic E-state index is -0.492. The lowest BCUT2D eigenvalue weighted by Crippen LogP contribution is -2.36. The number of methoxy groups -OCH3 is 2. The van der Waals surface area contributed by atoms with Crippen molar-refractivity contribution in [2.75, 3.05) is 32.7 Å². The number of aromatic nitrogens is 1. The van der Waals surface area contributed by atoms with E-state index in [1.165, 1.54) is 5.01 Å². The molecule has 0 atom stereocenters. The number of aromatic amines is 1.